The second-order valence-electron chi connectivity index (χ2n) is 10.6. The first-order valence-corrected chi connectivity index (χ1v) is 13.6. The van der Waals surface area contributed by atoms with Crippen molar-refractivity contribution in [2.75, 3.05) is 11.9 Å². The minimum atomic E-state index is -4.03. The van der Waals surface area contributed by atoms with E-state index < -0.39 is 21.5 Å². The van der Waals surface area contributed by atoms with Gasteiger partial charge < -0.3 is 15.2 Å². The summed E-state index contributed by atoms with van der Waals surface area (Å²) in [5, 5.41) is 16.6. The van der Waals surface area contributed by atoms with E-state index in [9.17, 15) is 23.1 Å². The van der Waals surface area contributed by atoms with Crippen LogP contribution in [0.2, 0.25) is 0 Å². The summed E-state index contributed by atoms with van der Waals surface area (Å²) in [5.74, 6) is -1.24. The third-order valence-electron chi connectivity index (χ3n) is 6.02. The van der Waals surface area contributed by atoms with Gasteiger partial charge in [0.05, 0.1) is 5.54 Å². The molecule has 3 N–H and O–H groups in total. The maximum Gasteiger partial charge on any atom is 0.356 e. The molecule has 1 amide bonds. The quantitative estimate of drug-likeness (QED) is 0.442. The van der Waals surface area contributed by atoms with Crippen molar-refractivity contribution in [3.63, 3.8) is 0 Å². The fourth-order valence-electron chi connectivity index (χ4n) is 4.03. The third kappa shape index (κ3) is 6.25. The van der Waals surface area contributed by atoms with Gasteiger partial charge in [0.1, 0.15) is 10.6 Å². The molecule has 2 aromatic rings. The minimum Gasteiger partial charge on any atom is -0.476 e. The van der Waals surface area contributed by atoms with Crippen molar-refractivity contribution in [3.8, 4) is 11.6 Å². The molecule has 1 fully saturated rings. The monoisotopic (exact) mass is 520 g/mol. The summed E-state index contributed by atoms with van der Waals surface area (Å²) < 4.78 is 36.7. The Morgan fingerprint density at radius 3 is 2.42 bits per heavy atom. The molecule has 0 spiro atoms. The van der Waals surface area contributed by atoms with Gasteiger partial charge in [-0.05, 0) is 64.7 Å². The fraction of sp³-hybridized carbons (Fsp3) is 0.560. The summed E-state index contributed by atoms with van der Waals surface area (Å²) in [7, 11) is -4.03. The van der Waals surface area contributed by atoms with Gasteiger partial charge in [-0.25, -0.2) is 22.6 Å². The number of nitrogens with zero attached hydrogens (tertiary/aromatic N) is 2. The number of sulfonamides is 1. The van der Waals surface area contributed by atoms with Gasteiger partial charge in [-0.3, -0.25) is 4.79 Å². The number of carboxylic acid groups (broad SMARTS) is 1. The smallest absolute Gasteiger partial charge is 0.356 e. The molecule has 0 unspecified atom stereocenters. The number of aromatic nitrogens is 2. The van der Waals surface area contributed by atoms with Gasteiger partial charge >= 0.3 is 5.97 Å². The lowest BCUT2D eigenvalue weighted by molar-refractivity contribution is -0.119. The molecule has 0 radical (unpaired) electrons. The number of aromatic carboxylic acids is 1. The number of carboxylic acids is 1. The van der Waals surface area contributed by atoms with Crippen LogP contribution in [0.4, 0.5) is 5.69 Å². The molecule has 0 atom stereocenters. The van der Waals surface area contributed by atoms with Crippen LogP contribution in [0.5, 0.6) is 11.6 Å². The van der Waals surface area contributed by atoms with Crippen LogP contribution in [-0.4, -0.2) is 41.7 Å². The number of nitrogens with one attached hydrogen (secondary N) is 2. The molecule has 198 valence electrons. The minimum absolute atomic E-state index is 0.00411. The molecule has 1 aliphatic carbocycles. The van der Waals surface area contributed by atoms with Crippen molar-refractivity contribution in [2.45, 2.75) is 77.7 Å². The maximum absolute atomic E-state index is 13.3. The predicted octanol–water partition coefficient (Wildman–Crippen LogP) is 4.50. The zero-order valence-electron chi connectivity index (χ0n) is 21.7. The van der Waals surface area contributed by atoms with E-state index in [0.717, 1.165) is 25.7 Å². The predicted molar refractivity (Wildman–Crippen MR) is 136 cm³/mol. The largest absolute Gasteiger partial charge is 0.476 e. The number of benzene rings is 1. The molecule has 10 nitrogen and oxygen atoms in total. The van der Waals surface area contributed by atoms with Crippen molar-refractivity contribution in [1.82, 2.24) is 14.5 Å². The summed E-state index contributed by atoms with van der Waals surface area (Å²) in [6.07, 6.45) is 3.64. The summed E-state index contributed by atoms with van der Waals surface area (Å²) >= 11 is 0. The van der Waals surface area contributed by atoms with Crippen molar-refractivity contribution < 1.29 is 27.9 Å². The average molecular weight is 521 g/mol. The van der Waals surface area contributed by atoms with Crippen LogP contribution < -0.4 is 14.8 Å². The standard InChI is InChI=1S/C25H36N4O6S/c1-15(2)14-26-36(33,34)20-13-18(27-22(30)17-9-7-8-10-17)11-12-19(20)35-23-16(3)21(24(31)32)28-29(23)25(4,5)6/h11-13,15,17,26H,7-10,14H2,1-6H3,(H,27,30)(H,31,32). The second-order valence-corrected chi connectivity index (χ2v) is 12.4. The molecule has 36 heavy (non-hydrogen) atoms. The molecule has 3 rings (SSSR count). The molecule has 1 aliphatic rings. The van der Waals surface area contributed by atoms with E-state index >= 15 is 0 Å². The Bertz CT molecular complexity index is 1240. The van der Waals surface area contributed by atoms with Crippen molar-refractivity contribution in [3.05, 3.63) is 29.5 Å². The fourth-order valence-corrected chi connectivity index (χ4v) is 5.39. The maximum atomic E-state index is 13.3. The van der Waals surface area contributed by atoms with E-state index in [1.54, 1.807) is 13.0 Å². The van der Waals surface area contributed by atoms with Gasteiger partial charge in [0.15, 0.2) is 5.69 Å². The molecule has 1 saturated carbocycles. The number of ether oxygens (including phenoxy) is 1. The Balaban J connectivity index is 2.07. The van der Waals surface area contributed by atoms with Crippen molar-refractivity contribution in [1.29, 1.82) is 0 Å². The van der Waals surface area contributed by atoms with Crippen LogP contribution in [0.15, 0.2) is 23.1 Å². The lowest BCUT2D eigenvalue weighted by atomic mass is 10.1. The summed E-state index contributed by atoms with van der Waals surface area (Å²) in [4.78, 5) is 24.2. The highest BCUT2D eigenvalue weighted by Crippen LogP contribution is 2.36. The number of carbonyl (C=O) groups excluding carboxylic acids is 1. The zero-order chi connectivity index (χ0) is 26.8. The number of anilines is 1. The van der Waals surface area contributed by atoms with Crippen LogP contribution in [0, 0.1) is 18.8 Å². The number of amides is 1. The summed E-state index contributed by atoms with van der Waals surface area (Å²) in [5.41, 5.74) is -0.202. The van der Waals surface area contributed by atoms with Crippen molar-refractivity contribution in [2.24, 2.45) is 11.8 Å². The van der Waals surface area contributed by atoms with Crippen LogP contribution in [0.25, 0.3) is 0 Å². The van der Waals surface area contributed by atoms with Gasteiger partial charge in [-0.1, -0.05) is 26.7 Å². The van der Waals surface area contributed by atoms with Gasteiger partial charge in [0.2, 0.25) is 21.8 Å². The van der Waals surface area contributed by atoms with E-state index in [2.05, 4.69) is 15.1 Å². The van der Waals surface area contributed by atoms with Gasteiger partial charge in [-0.2, -0.15) is 5.10 Å². The number of carbonyl (C=O) groups is 2. The van der Waals surface area contributed by atoms with Gasteiger partial charge in [0.25, 0.3) is 0 Å². The first kappa shape index (κ1) is 27.7. The molecule has 0 aliphatic heterocycles. The van der Waals surface area contributed by atoms with Crippen molar-refractivity contribution >= 4 is 27.6 Å². The van der Waals surface area contributed by atoms with E-state index in [-0.39, 0.29) is 52.1 Å². The van der Waals surface area contributed by atoms with Crippen LogP contribution >= 0.6 is 0 Å². The average Bonchev–Trinajstić information content (AvgIpc) is 3.42. The first-order chi connectivity index (χ1) is 16.7. The van der Waals surface area contributed by atoms with Crippen LogP contribution in [0.1, 0.15) is 76.4 Å². The van der Waals surface area contributed by atoms with Crippen LogP contribution in [-0.2, 0) is 20.4 Å². The lowest BCUT2D eigenvalue weighted by Crippen LogP contribution is -2.28. The SMILES string of the molecule is Cc1c(C(=O)O)nn(C(C)(C)C)c1Oc1ccc(NC(=O)C2CCCC2)cc1S(=O)(=O)NCC(C)C. The molecule has 0 bridgehead atoms. The zero-order valence-corrected chi connectivity index (χ0v) is 22.5. The lowest BCUT2D eigenvalue weighted by Gasteiger charge is -2.23. The molecule has 0 saturated heterocycles. The molecule has 11 heteroatoms. The van der Waals surface area contributed by atoms with E-state index in [4.69, 9.17) is 4.74 Å². The van der Waals surface area contributed by atoms with E-state index in [0.29, 0.717) is 5.69 Å². The van der Waals surface area contributed by atoms with E-state index in [1.165, 1.54) is 16.8 Å². The van der Waals surface area contributed by atoms with E-state index in [1.807, 2.05) is 34.6 Å². The molecule has 1 aromatic carbocycles. The Kier molecular flexibility index (Phi) is 8.14. The molecule has 1 heterocycles. The summed E-state index contributed by atoms with van der Waals surface area (Å²) in [6, 6.07) is 4.42. The highest BCUT2D eigenvalue weighted by molar-refractivity contribution is 7.89. The molecular formula is C25H36N4O6S. The summed E-state index contributed by atoms with van der Waals surface area (Å²) in [6.45, 7) is 11.1. The van der Waals surface area contributed by atoms with Gasteiger partial charge in [-0.15, -0.1) is 0 Å². The number of rotatable bonds is 9. The Morgan fingerprint density at radius 2 is 1.86 bits per heavy atom. The number of hydrogen-bond acceptors (Lipinski definition) is 6. The Hall–Kier alpha value is -2.92. The highest BCUT2D eigenvalue weighted by atomic mass is 32.2. The normalized spacial score (nSPS) is 14.9. The molecular weight excluding hydrogens is 484 g/mol. The first-order valence-electron chi connectivity index (χ1n) is 12.2. The number of hydrogen-bond donors (Lipinski definition) is 3. The second kappa shape index (κ2) is 10.6. The van der Waals surface area contributed by atoms with Gasteiger partial charge in [0, 0.05) is 23.7 Å². The Labute approximate surface area is 212 Å². The topological polar surface area (TPSA) is 140 Å². The molecule has 1 aromatic heterocycles. The Morgan fingerprint density at radius 1 is 1.22 bits per heavy atom. The highest BCUT2D eigenvalue weighted by Gasteiger charge is 2.30. The third-order valence-corrected chi connectivity index (χ3v) is 7.47. The van der Waals surface area contributed by atoms with Crippen LogP contribution in [0.3, 0.4) is 0 Å².